The molecule has 0 fully saturated rings. The van der Waals surface area contributed by atoms with Crippen LogP contribution >= 0.6 is 0 Å². The molecule has 4 heteroatoms. The standard InChI is InChI=1S/2C19H19NO/c2*1-3-19(21)20-12-16-11-14(2)9-10-17(16)18(13-20)15-7-5-4-6-8-15/h2*3-11,18H,1,12-13H2,2H3/t2*18-/m10/s1. The number of hydrogen-bond acceptors (Lipinski definition) is 2. The van der Waals surface area contributed by atoms with Gasteiger partial charge in [-0.2, -0.15) is 0 Å². The lowest BCUT2D eigenvalue weighted by atomic mass is 9.84. The lowest BCUT2D eigenvalue weighted by molar-refractivity contribution is -0.127. The molecule has 0 spiro atoms. The Morgan fingerprint density at radius 2 is 1.00 bits per heavy atom. The van der Waals surface area contributed by atoms with Crippen molar-refractivity contribution >= 4 is 11.8 Å². The molecule has 2 aliphatic rings. The Bertz CT molecular complexity index is 1470. The predicted molar refractivity (Wildman–Crippen MR) is 170 cm³/mol. The first-order valence-corrected chi connectivity index (χ1v) is 14.5. The second kappa shape index (κ2) is 12.9. The van der Waals surface area contributed by atoms with E-state index in [4.69, 9.17) is 0 Å². The van der Waals surface area contributed by atoms with Crippen molar-refractivity contribution in [3.8, 4) is 0 Å². The van der Waals surface area contributed by atoms with Gasteiger partial charge in [0, 0.05) is 38.0 Å². The van der Waals surface area contributed by atoms with Crippen LogP contribution in [0.25, 0.3) is 0 Å². The van der Waals surface area contributed by atoms with Crippen molar-refractivity contribution in [1.82, 2.24) is 9.80 Å². The molecule has 0 aromatic heterocycles. The highest BCUT2D eigenvalue weighted by Gasteiger charge is 2.29. The van der Waals surface area contributed by atoms with Crippen LogP contribution in [0.15, 0.2) is 122 Å². The van der Waals surface area contributed by atoms with Crippen molar-refractivity contribution in [2.45, 2.75) is 38.8 Å². The van der Waals surface area contributed by atoms with Crippen molar-refractivity contribution in [2.24, 2.45) is 0 Å². The molecule has 6 rings (SSSR count). The van der Waals surface area contributed by atoms with Gasteiger partial charge < -0.3 is 9.80 Å². The molecule has 42 heavy (non-hydrogen) atoms. The zero-order valence-corrected chi connectivity index (χ0v) is 24.5. The zero-order chi connectivity index (χ0) is 29.6. The Morgan fingerprint density at radius 3 is 1.36 bits per heavy atom. The number of rotatable bonds is 4. The number of carbonyl (C=O) groups is 2. The normalized spacial score (nSPS) is 17.2. The Morgan fingerprint density at radius 1 is 0.619 bits per heavy atom. The molecule has 0 N–H and O–H groups in total. The van der Waals surface area contributed by atoms with Gasteiger partial charge in [-0.25, -0.2) is 0 Å². The number of amides is 2. The fraction of sp³-hybridized carbons (Fsp3) is 0.211. The third-order valence-corrected chi connectivity index (χ3v) is 8.25. The summed E-state index contributed by atoms with van der Waals surface area (Å²) in [7, 11) is 0. The van der Waals surface area contributed by atoms with Crippen LogP contribution in [-0.2, 0) is 22.7 Å². The quantitative estimate of drug-likeness (QED) is 0.248. The summed E-state index contributed by atoms with van der Waals surface area (Å²) in [5.41, 5.74) is 10.1. The molecule has 4 aromatic carbocycles. The van der Waals surface area contributed by atoms with Gasteiger partial charge in [-0.05, 0) is 59.4 Å². The van der Waals surface area contributed by atoms with Crippen LogP contribution in [0, 0.1) is 13.8 Å². The van der Waals surface area contributed by atoms with E-state index >= 15 is 0 Å². The second-order valence-electron chi connectivity index (χ2n) is 11.2. The first kappa shape index (κ1) is 28.8. The van der Waals surface area contributed by atoms with Crippen molar-refractivity contribution in [1.29, 1.82) is 0 Å². The fourth-order valence-corrected chi connectivity index (χ4v) is 6.14. The van der Waals surface area contributed by atoms with E-state index in [2.05, 4.69) is 112 Å². The number of fused-ring (bicyclic) bond motifs is 2. The molecular formula is C38H38N2O2. The average molecular weight is 555 g/mol. The van der Waals surface area contributed by atoms with Crippen LogP contribution in [0.3, 0.4) is 0 Å². The van der Waals surface area contributed by atoms with Gasteiger partial charge in [0.2, 0.25) is 11.8 Å². The Kier molecular flexibility index (Phi) is 8.83. The third kappa shape index (κ3) is 6.28. The molecule has 212 valence electrons. The van der Waals surface area contributed by atoms with E-state index in [1.807, 2.05) is 21.9 Å². The van der Waals surface area contributed by atoms with Crippen LogP contribution in [0.2, 0.25) is 0 Å². The second-order valence-corrected chi connectivity index (χ2v) is 11.2. The molecule has 2 atom stereocenters. The smallest absolute Gasteiger partial charge is 0.246 e. The Hall–Kier alpha value is -4.70. The summed E-state index contributed by atoms with van der Waals surface area (Å²) < 4.78 is 0. The average Bonchev–Trinajstić information content (AvgIpc) is 3.03. The summed E-state index contributed by atoms with van der Waals surface area (Å²) in [6.45, 7) is 14.2. The number of carbonyl (C=O) groups excluding carboxylic acids is 2. The van der Waals surface area contributed by atoms with E-state index in [9.17, 15) is 9.59 Å². The van der Waals surface area contributed by atoms with Crippen LogP contribution in [0.1, 0.15) is 56.3 Å². The van der Waals surface area contributed by atoms with Gasteiger partial charge in [0.25, 0.3) is 0 Å². The highest BCUT2D eigenvalue weighted by atomic mass is 16.2. The first-order valence-electron chi connectivity index (χ1n) is 14.5. The summed E-state index contributed by atoms with van der Waals surface area (Å²) in [4.78, 5) is 27.9. The van der Waals surface area contributed by atoms with Crippen LogP contribution < -0.4 is 0 Å². The monoisotopic (exact) mass is 554 g/mol. The van der Waals surface area contributed by atoms with Gasteiger partial charge in [0.05, 0.1) is 0 Å². The Labute approximate surface area is 249 Å². The summed E-state index contributed by atoms with van der Waals surface area (Å²) >= 11 is 0. The van der Waals surface area contributed by atoms with Crippen molar-refractivity contribution in [3.63, 3.8) is 0 Å². The van der Waals surface area contributed by atoms with Gasteiger partial charge in [0.1, 0.15) is 0 Å². The summed E-state index contributed by atoms with van der Waals surface area (Å²) in [6, 6.07) is 33.9. The molecule has 0 radical (unpaired) electrons. The van der Waals surface area contributed by atoms with E-state index in [0.29, 0.717) is 26.2 Å². The molecule has 2 amide bonds. The van der Waals surface area contributed by atoms with Crippen LogP contribution in [-0.4, -0.2) is 34.7 Å². The van der Waals surface area contributed by atoms with Gasteiger partial charge in [-0.3, -0.25) is 9.59 Å². The van der Waals surface area contributed by atoms with Crippen LogP contribution in [0.4, 0.5) is 0 Å². The SMILES string of the molecule is C=CC(=O)N1Cc2cc(C)ccc2[C@@H](c2ccccc2)C1.C=CC(=O)N1Cc2cc(C)ccc2[C@H](c2ccccc2)C1. The molecule has 0 saturated heterocycles. The summed E-state index contributed by atoms with van der Waals surface area (Å²) in [6.07, 6.45) is 2.81. The molecular weight excluding hydrogens is 516 g/mol. The van der Waals surface area contributed by atoms with E-state index in [-0.39, 0.29) is 23.7 Å². The fourth-order valence-electron chi connectivity index (χ4n) is 6.14. The first-order chi connectivity index (χ1) is 20.4. The molecule has 0 bridgehead atoms. The minimum absolute atomic E-state index is 0.00286. The number of aryl methyl sites for hydroxylation is 2. The zero-order valence-electron chi connectivity index (χ0n) is 24.5. The molecule has 4 aromatic rings. The lowest BCUT2D eigenvalue weighted by Crippen LogP contribution is -2.37. The topological polar surface area (TPSA) is 40.6 Å². The van der Waals surface area contributed by atoms with E-state index < -0.39 is 0 Å². The van der Waals surface area contributed by atoms with Crippen molar-refractivity contribution in [2.75, 3.05) is 13.1 Å². The van der Waals surface area contributed by atoms with Gasteiger partial charge in [-0.15, -0.1) is 0 Å². The lowest BCUT2D eigenvalue weighted by Gasteiger charge is -2.34. The highest BCUT2D eigenvalue weighted by molar-refractivity contribution is 5.87. The van der Waals surface area contributed by atoms with E-state index in [0.717, 1.165) is 0 Å². The predicted octanol–water partition coefficient (Wildman–Crippen LogP) is 7.31. The molecule has 2 aliphatic heterocycles. The molecule has 0 aliphatic carbocycles. The largest absolute Gasteiger partial charge is 0.334 e. The van der Waals surface area contributed by atoms with Gasteiger partial charge in [-0.1, -0.05) is 121 Å². The van der Waals surface area contributed by atoms with Crippen molar-refractivity contribution < 1.29 is 9.59 Å². The molecule has 2 heterocycles. The maximum atomic E-state index is 12.0. The minimum Gasteiger partial charge on any atom is -0.334 e. The number of hydrogen-bond donors (Lipinski definition) is 0. The Balaban J connectivity index is 0.000000168. The molecule has 0 saturated carbocycles. The number of nitrogens with zero attached hydrogens (tertiary/aromatic N) is 2. The maximum Gasteiger partial charge on any atom is 0.246 e. The van der Waals surface area contributed by atoms with E-state index in [1.54, 1.807) is 0 Å². The van der Waals surface area contributed by atoms with E-state index in [1.165, 1.54) is 56.7 Å². The van der Waals surface area contributed by atoms with Crippen molar-refractivity contribution in [3.05, 3.63) is 167 Å². The number of benzene rings is 4. The van der Waals surface area contributed by atoms with Gasteiger partial charge >= 0.3 is 0 Å². The summed E-state index contributed by atoms with van der Waals surface area (Å²) in [5.74, 6) is 0.477. The van der Waals surface area contributed by atoms with Crippen LogP contribution in [0.5, 0.6) is 0 Å². The van der Waals surface area contributed by atoms with Gasteiger partial charge in [0.15, 0.2) is 0 Å². The minimum atomic E-state index is 0.00286. The molecule has 4 nitrogen and oxygen atoms in total. The summed E-state index contributed by atoms with van der Waals surface area (Å²) in [5, 5.41) is 0. The molecule has 0 unspecified atom stereocenters. The third-order valence-electron chi connectivity index (χ3n) is 8.25. The maximum absolute atomic E-state index is 12.0. The highest BCUT2D eigenvalue weighted by Crippen LogP contribution is 2.35.